The van der Waals surface area contributed by atoms with Crippen molar-refractivity contribution in [2.24, 2.45) is 0 Å². The Morgan fingerprint density at radius 1 is 1.10 bits per heavy atom. The topological polar surface area (TPSA) is 86.4 Å². The van der Waals surface area contributed by atoms with Crippen LogP contribution in [0.3, 0.4) is 0 Å². The van der Waals surface area contributed by atoms with Crippen LogP contribution in [0.1, 0.15) is 23.5 Å². The first-order valence-corrected chi connectivity index (χ1v) is 10.2. The van der Waals surface area contributed by atoms with Crippen LogP contribution in [-0.2, 0) is 4.74 Å². The molecule has 30 heavy (non-hydrogen) atoms. The van der Waals surface area contributed by atoms with Crippen LogP contribution in [0.5, 0.6) is 0 Å². The van der Waals surface area contributed by atoms with E-state index < -0.39 is 10.9 Å². The highest BCUT2D eigenvalue weighted by atomic mass is 32.1. The van der Waals surface area contributed by atoms with Gasteiger partial charge in [-0.3, -0.25) is 10.1 Å². The summed E-state index contributed by atoms with van der Waals surface area (Å²) in [5.74, 6) is -0.602. The third-order valence-electron chi connectivity index (χ3n) is 4.27. The molecular weight excluding hydrogens is 402 g/mol. The zero-order chi connectivity index (χ0) is 21.7. The van der Waals surface area contributed by atoms with Gasteiger partial charge in [-0.05, 0) is 36.4 Å². The van der Waals surface area contributed by atoms with Crippen LogP contribution >= 0.6 is 11.3 Å². The van der Waals surface area contributed by atoms with Gasteiger partial charge in [0.15, 0.2) is 0 Å². The van der Waals surface area contributed by atoms with Crippen molar-refractivity contribution in [2.75, 3.05) is 12.4 Å². The standard InChI is InChI=1S/C20H15N3O4S.C2H6/c1-27-20(24)18-12-16(19(28-18)23(25)26)21-14-8-7-13-9-10-22(17(13)11-14)15-5-3-2-4-6-15;1-2/h2-12,21H,1H3;1-2H3. The maximum absolute atomic E-state index is 11.7. The lowest BCUT2D eigenvalue weighted by Crippen LogP contribution is -1.97. The summed E-state index contributed by atoms with van der Waals surface area (Å²) in [7, 11) is 1.24. The van der Waals surface area contributed by atoms with Gasteiger partial charge in [0, 0.05) is 23.0 Å². The van der Waals surface area contributed by atoms with Crippen molar-refractivity contribution in [1.29, 1.82) is 0 Å². The lowest BCUT2D eigenvalue weighted by atomic mass is 10.2. The number of esters is 1. The van der Waals surface area contributed by atoms with E-state index in [1.807, 2.05) is 79.2 Å². The molecule has 0 aliphatic rings. The van der Waals surface area contributed by atoms with Crippen LogP contribution in [0.15, 0.2) is 66.9 Å². The fourth-order valence-corrected chi connectivity index (χ4v) is 3.83. The number of hydrogen-bond donors (Lipinski definition) is 1. The van der Waals surface area contributed by atoms with E-state index >= 15 is 0 Å². The molecule has 0 radical (unpaired) electrons. The van der Waals surface area contributed by atoms with E-state index in [2.05, 4.69) is 10.1 Å². The second kappa shape index (κ2) is 9.23. The van der Waals surface area contributed by atoms with Crippen LogP contribution in [-0.4, -0.2) is 22.6 Å². The largest absolute Gasteiger partial charge is 0.465 e. The van der Waals surface area contributed by atoms with E-state index in [0.717, 1.165) is 27.9 Å². The van der Waals surface area contributed by atoms with Gasteiger partial charge in [-0.15, -0.1) is 0 Å². The first-order chi connectivity index (χ1) is 14.6. The molecule has 0 aliphatic carbocycles. The third kappa shape index (κ3) is 4.18. The average Bonchev–Trinajstić information content (AvgIpc) is 3.39. The first-order valence-electron chi connectivity index (χ1n) is 9.37. The molecule has 2 aromatic heterocycles. The fraction of sp³-hybridized carbons (Fsp3) is 0.136. The number of aromatic nitrogens is 1. The number of ether oxygens (including phenoxy) is 1. The molecular formula is C22H21N3O4S. The molecule has 154 valence electrons. The van der Waals surface area contributed by atoms with Gasteiger partial charge in [0.25, 0.3) is 0 Å². The maximum Gasteiger partial charge on any atom is 0.348 e. The summed E-state index contributed by atoms with van der Waals surface area (Å²) in [5.41, 5.74) is 2.92. The van der Waals surface area contributed by atoms with Gasteiger partial charge < -0.3 is 14.6 Å². The van der Waals surface area contributed by atoms with Gasteiger partial charge in [-0.1, -0.05) is 49.4 Å². The minimum absolute atomic E-state index is 0.140. The predicted octanol–water partition coefficient (Wildman–Crippen LogP) is 6.16. The Morgan fingerprint density at radius 3 is 2.50 bits per heavy atom. The van der Waals surface area contributed by atoms with E-state index in [0.29, 0.717) is 5.69 Å². The summed E-state index contributed by atoms with van der Waals surface area (Å²) in [5, 5.41) is 15.3. The van der Waals surface area contributed by atoms with Gasteiger partial charge in [-0.2, -0.15) is 0 Å². The summed E-state index contributed by atoms with van der Waals surface area (Å²) in [4.78, 5) is 22.8. The molecule has 1 N–H and O–H groups in total. The summed E-state index contributed by atoms with van der Waals surface area (Å²) in [6, 6.07) is 19.0. The average molecular weight is 423 g/mol. The molecule has 0 spiro atoms. The van der Waals surface area contributed by atoms with Crippen LogP contribution in [0.25, 0.3) is 16.6 Å². The molecule has 0 amide bonds. The number of methoxy groups -OCH3 is 1. The zero-order valence-electron chi connectivity index (χ0n) is 16.8. The Kier molecular flexibility index (Phi) is 6.48. The van der Waals surface area contributed by atoms with Gasteiger partial charge in [0.05, 0.1) is 17.5 Å². The van der Waals surface area contributed by atoms with Gasteiger partial charge in [0.2, 0.25) is 0 Å². The van der Waals surface area contributed by atoms with Crippen LogP contribution in [0.2, 0.25) is 0 Å². The molecule has 7 nitrogen and oxygen atoms in total. The molecule has 0 bridgehead atoms. The quantitative estimate of drug-likeness (QED) is 0.236. The smallest absolute Gasteiger partial charge is 0.348 e. The second-order valence-corrected chi connectivity index (χ2v) is 7.03. The van der Waals surface area contributed by atoms with Crippen molar-refractivity contribution in [3.8, 4) is 5.69 Å². The lowest BCUT2D eigenvalue weighted by Gasteiger charge is -2.08. The molecule has 0 fully saturated rings. The summed E-state index contributed by atoms with van der Waals surface area (Å²) >= 11 is 0.784. The van der Waals surface area contributed by atoms with Crippen LogP contribution < -0.4 is 5.32 Å². The number of nitrogens with zero attached hydrogens (tertiary/aromatic N) is 2. The zero-order valence-corrected chi connectivity index (χ0v) is 17.6. The SMILES string of the molecule is CC.COC(=O)c1cc(Nc2ccc3ccn(-c4ccccc4)c3c2)c([N+](=O)[O-])s1. The van der Waals surface area contributed by atoms with Crippen LogP contribution in [0.4, 0.5) is 16.4 Å². The second-order valence-electron chi connectivity index (χ2n) is 6.00. The van der Waals surface area contributed by atoms with Crippen molar-refractivity contribution in [1.82, 2.24) is 4.57 Å². The Morgan fingerprint density at radius 2 is 1.83 bits per heavy atom. The molecule has 2 aromatic carbocycles. The van der Waals surface area contributed by atoms with E-state index in [1.54, 1.807) is 0 Å². The predicted molar refractivity (Wildman–Crippen MR) is 120 cm³/mol. The van der Waals surface area contributed by atoms with Gasteiger partial charge in [-0.25, -0.2) is 4.79 Å². The fourth-order valence-electron chi connectivity index (χ4n) is 2.98. The molecule has 0 aliphatic heterocycles. The highest BCUT2D eigenvalue weighted by Crippen LogP contribution is 2.37. The monoisotopic (exact) mass is 423 g/mol. The molecule has 8 heteroatoms. The summed E-state index contributed by atoms with van der Waals surface area (Å²) in [6.07, 6.45) is 1.98. The molecule has 0 saturated carbocycles. The first kappa shape index (κ1) is 21.1. The van der Waals surface area contributed by atoms with Crippen molar-refractivity contribution in [3.05, 3.63) is 81.9 Å². The molecule has 4 aromatic rings. The van der Waals surface area contributed by atoms with Crippen molar-refractivity contribution in [2.45, 2.75) is 13.8 Å². The Labute approximate surface area is 177 Å². The lowest BCUT2D eigenvalue weighted by molar-refractivity contribution is -0.379. The number of rotatable bonds is 5. The number of fused-ring (bicyclic) bond motifs is 1. The van der Waals surface area contributed by atoms with Gasteiger partial charge in [0.1, 0.15) is 10.6 Å². The van der Waals surface area contributed by atoms with E-state index in [9.17, 15) is 14.9 Å². The number of benzene rings is 2. The number of thiophene rings is 1. The minimum Gasteiger partial charge on any atom is -0.465 e. The molecule has 2 heterocycles. The van der Waals surface area contributed by atoms with Crippen LogP contribution in [0, 0.1) is 10.1 Å². The number of carbonyl (C=O) groups is 1. The molecule has 0 atom stereocenters. The normalized spacial score (nSPS) is 10.2. The third-order valence-corrected chi connectivity index (χ3v) is 5.34. The number of nitro groups is 1. The maximum atomic E-state index is 11.7. The highest BCUT2D eigenvalue weighted by molar-refractivity contribution is 7.17. The van der Waals surface area contributed by atoms with Crippen molar-refractivity contribution >= 4 is 44.6 Å². The molecule has 0 saturated heterocycles. The number of anilines is 2. The summed E-state index contributed by atoms with van der Waals surface area (Å²) < 4.78 is 6.71. The van der Waals surface area contributed by atoms with E-state index in [-0.39, 0.29) is 15.6 Å². The van der Waals surface area contributed by atoms with Crippen molar-refractivity contribution < 1.29 is 14.5 Å². The number of hydrogen-bond acceptors (Lipinski definition) is 6. The Balaban J connectivity index is 0.00000124. The molecule has 4 rings (SSSR count). The Bertz CT molecular complexity index is 1180. The highest BCUT2D eigenvalue weighted by Gasteiger charge is 2.23. The van der Waals surface area contributed by atoms with Gasteiger partial charge >= 0.3 is 11.0 Å². The number of para-hydroxylation sites is 1. The van der Waals surface area contributed by atoms with Crippen molar-refractivity contribution in [3.63, 3.8) is 0 Å². The van der Waals surface area contributed by atoms with E-state index in [1.165, 1.54) is 13.2 Å². The minimum atomic E-state index is -0.602. The molecule has 0 unspecified atom stereocenters. The van der Waals surface area contributed by atoms with E-state index in [4.69, 9.17) is 0 Å². The number of nitrogens with one attached hydrogen (secondary N) is 1. The number of carbonyl (C=O) groups excluding carboxylic acids is 1. The Hall–Kier alpha value is -3.65. The summed E-state index contributed by atoms with van der Waals surface area (Å²) in [6.45, 7) is 4.00.